The maximum Gasteiger partial charge on any atom is 0.251 e. The van der Waals surface area contributed by atoms with E-state index in [1.165, 1.54) is 23.1 Å². The molecule has 1 unspecified atom stereocenters. The maximum absolute atomic E-state index is 12.3. The zero-order valence-corrected chi connectivity index (χ0v) is 11.5. The molecule has 98 valence electrons. The van der Waals surface area contributed by atoms with Gasteiger partial charge in [0.1, 0.15) is 0 Å². The van der Waals surface area contributed by atoms with Crippen LogP contribution in [0.15, 0.2) is 29.6 Å². The Balaban J connectivity index is 1.53. The number of nitrogens with zero attached hydrogens (tertiary/aromatic N) is 1. The van der Waals surface area contributed by atoms with Crippen LogP contribution in [0, 0.1) is 5.92 Å². The largest absolute Gasteiger partial charge is 0.348 e. The summed E-state index contributed by atoms with van der Waals surface area (Å²) in [6.45, 7) is 3.39. The first-order chi connectivity index (χ1) is 9.29. The predicted octanol–water partition coefficient (Wildman–Crippen LogP) is 2.34. The van der Waals surface area contributed by atoms with Crippen molar-refractivity contribution in [3.63, 3.8) is 0 Å². The monoisotopic (exact) mass is 272 g/mol. The van der Waals surface area contributed by atoms with Gasteiger partial charge in [-0.05, 0) is 47.8 Å². The van der Waals surface area contributed by atoms with Gasteiger partial charge < -0.3 is 10.2 Å². The summed E-state index contributed by atoms with van der Waals surface area (Å²) < 4.78 is 1.18. The molecule has 3 nitrogen and oxygen atoms in total. The van der Waals surface area contributed by atoms with Gasteiger partial charge in [0, 0.05) is 29.4 Å². The Morgan fingerprint density at radius 1 is 1.32 bits per heavy atom. The molecule has 0 saturated carbocycles. The summed E-state index contributed by atoms with van der Waals surface area (Å²) in [6, 6.07) is 8.40. The fourth-order valence-electron chi connectivity index (χ4n) is 3.30. The highest BCUT2D eigenvalue weighted by atomic mass is 32.1. The fraction of sp³-hybridized carbons (Fsp3) is 0.400. The van der Waals surface area contributed by atoms with E-state index in [9.17, 15) is 4.79 Å². The molecule has 2 aromatic rings. The van der Waals surface area contributed by atoms with Gasteiger partial charge in [-0.25, -0.2) is 0 Å². The molecule has 19 heavy (non-hydrogen) atoms. The third kappa shape index (κ3) is 1.95. The molecule has 3 atom stereocenters. The zero-order chi connectivity index (χ0) is 12.8. The lowest BCUT2D eigenvalue weighted by atomic mass is 9.99. The van der Waals surface area contributed by atoms with E-state index in [2.05, 4.69) is 21.7 Å². The SMILES string of the molecule is O=C(N[C@H]1CN2CC[C@H]1C2)c1ccc2ccsc2c1. The second-order valence-corrected chi connectivity index (χ2v) is 6.51. The van der Waals surface area contributed by atoms with Gasteiger partial charge >= 0.3 is 0 Å². The van der Waals surface area contributed by atoms with Gasteiger partial charge in [0.2, 0.25) is 0 Å². The predicted molar refractivity (Wildman–Crippen MR) is 77.6 cm³/mol. The number of hydrogen-bond donors (Lipinski definition) is 1. The Morgan fingerprint density at radius 3 is 3.05 bits per heavy atom. The van der Waals surface area contributed by atoms with Crippen LogP contribution in [-0.2, 0) is 0 Å². The summed E-state index contributed by atoms with van der Waals surface area (Å²) in [5.74, 6) is 0.739. The van der Waals surface area contributed by atoms with Gasteiger partial charge in [-0.1, -0.05) is 6.07 Å². The average Bonchev–Trinajstić information content (AvgIpc) is 3.13. The third-order valence-corrected chi connectivity index (χ3v) is 5.25. The second-order valence-electron chi connectivity index (χ2n) is 5.56. The summed E-state index contributed by atoms with van der Waals surface area (Å²) >= 11 is 1.69. The van der Waals surface area contributed by atoms with Crippen LogP contribution in [0.2, 0.25) is 0 Å². The van der Waals surface area contributed by atoms with Crippen molar-refractivity contribution in [2.75, 3.05) is 19.6 Å². The van der Waals surface area contributed by atoms with Gasteiger partial charge in [-0.2, -0.15) is 0 Å². The van der Waals surface area contributed by atoms with Crippen LogP contribution in [-0.4, -0.2) is 36.5 Å². The molecule has 2 saturated heterocycles. The van der Waals surface area contributed by atoms with Crippen LogP contribution in [0.4, 0.5) is 0 Å². The average molecular weight is 272 g/mol. The molecule has 0 aliphatic carbocycles. The highest BCUT2D eigenvalue weighted by molar-refractivity contribution is 7.17. The molecule has 4 heteroatoms. The minimum atomic E-state index is 0.0778. The third-order valence-electron chi connectivity index (χ3n) is 4.37. The van der Waals surface area contributed by atoms with Crippen molar-refractivity contribution in [2.24, 2.45) is 5.92 Å². The summed E-state index contributed by atoms with van der Waals surface area (Å²) in [5, 5.41) is 6.49. The highest BCUT2D eigenvalue weighted by Crippen LogP contribution is 2.28. The number of piperidine rings is 1. The Labute approximate surface area is 116 Å². The van der Waals surface area contributed by atoms with Crippen LogP contribution in [0.3, 0.4) is 0 Å². The summed E-state index contributed by atoms with van der Waals surface area (Å²) in [7, 11) is 0. The molecule has 1 aromatic carbocycles. The molecule has 4 rings (SSSR count). The Morgan fingerprint density at radius 2 is 2.26 bits per heavy atom. The molecule has 2 fully saturated rings. The Hall–Kier alpha value is -1.39. The summed E-state index contributed by atoms with van der Waals surface area (Å²) in [4.78, 5) is 14.8. The molecule has 1 N–H and O–H groups in total. The van der Waals surface area contributed by atoms with Crippen LogP contribution in [0.25, 0.3) is 10.1 Å². The molecular formula is C15H16N2OS. The normalized spacial score (nSPS) is 28.9. The first-order valence-electron chi connectivity index (χ1n) is 6.80. The first-order valence-corrected chi connectivity index (χ1v) is 7.68. The standard InChI is InChI=1S/C15H16N2OS/c18-15(16-13-9-17-5-3-12(13)8-17)11-2-1-10-4-6-19-14(10)7-11/h1-2,4,6-7,12-13H,3,5,8-9H2,(H,16,18)/t12-,13-/m0/s1. The van der Waals surface area contributed by atoms with E-state index in [1.54, 1.807) is 11.3 Å². The molecule has 1 aromatic heterocycles. The molecular weight excluding hydrogens is 256 g/mol. The van der Waals surface area contributed by atoms with Crippen molar-refractivity contribution in [1.82, 2.24) is 10.2 Å². The number of hydrogen-bond acceptors (Lipinski definition) is 3. The van der Waals surface area contributed by atoms with Gasteiger partial charge in [-0.15, -0.1) is 11.3 Å². The molecule has 1 amide bonds. The number of carbonyl (C=O) groups is 1. The number of thiophene rings is 1. The summed E-state index contributed by atoms with van der Waals surface area (Å²) in [5.41, 5.74) is 0.785. The minimum absolute atomic E-state index is 0.0778. The number of nitrogens with one attached hydrogen (secondary N) is 1. The molecule has 3 heterocycles. The lowest BCUT2D eigenvalue weighted by Crippen LogP contribution is -2.43. The van der Waals surface area contributed by atoms with Crippen LogP contribution < -0.4 is 5.32 Å². The Bertz CT molecular complexity index is 636. The van der Waals surface area contributed by atoms with Crippen LogP contribution >= 0.6 is 11.3 Å². The van der Waals surface area contributed by atoms with Gasteiger partial charge in [0.15, 0.2) is 0 Å². The van der Waals surface area contributed by atoms with E-state index in [1.807, 2.05) is 18.2 Å². The number of rotatable bonds is 2. The van der Waals surface area contributed by atoms with Crippen molar-refractivity contribution < 1.29 is 4.79 Å². The zero-order valence-electron chi connectivity index (χ0n) is 10.6. The van der Waals surface area contributed by atoms with Gasteiger partial charge in [0.25, 0.3) is 5.91 Å². The Kier molecular flexibility index (Phi) is 2.60. The maximum atomic E-state index is 12.3. The molecule has 2 aliphatic rings. The smallest absolute Gasteiger partial charge is 0.251 e. The number of amides is 1. The van der Waals surface area contributed by atoms with E-state index >= 15 is 0 Å². The first kappa shape index (κ1) is 11.4. The second kappa shape index (κ2) is 4.32. The molecule has 2 aliphatic heterocycles. The van der Waals surface area contributed by atoms with Gasteiger partial charge in [0.05, 0.1) is 0 Å². The van der Waals surface area contributed by atoms with Crippen LogP contribution in [0.5, 0.6) is 0 Å². The minimum Gasteiger partial charge on any atom is -0.348 e. The fourth-order valence-corrected chi connectivity index (χ4v) is 4.12. The number of fused-ring (bicyclic) bond motifs is 3. The van der Waals surface area contributed by atoms with E-state index in [0.717, 1.165) is 18.7 Å². The van der Waals surface area contributed by atoms with Crippen molar-refractivity contribution in [1.29, 1.82) is 0 Å². The summed E-state index contributed by atoms with van der Waals surface area (Å²) in [6.07, 6.45) is 1.23. The van der Waals surface area contributed by atoms with E-state index in [-0.39, 0.29) is 5.91 Å². The van der Waals surface area contributed by atoms with Gasteiger partial charge in [-0.3, -0.25) is 4.79 Å². The molecule has 0 radical (unpaired) electrons. The van der Waals surface area contributed by atoms with Crippen molar-refractivity contribution in [2.45, 2.75) is 12.5 Å². The molecule has 2 bridgehead atoms. The lowest BCUT2D eigenvalue weighted by molar-refractivity contribution is 0.0924. The molecule has 0 spiro atoms. The van der Waals surface area contributed by atoms with Crippen molar-refractivity contribution in [3.8, 4) is 0 Å². The lowest BCUT2D eigenvalue weighted by Gasteiger charge is -2.23. The highest BCUT2D eigenvalue weighted by Gasteiger charge is 2.38. The van der Waals surface area contributed by atoms with Crippen LogP contribution in [0.1, 0.15) is 16.8 Å². The van der Waals surface area contributed by atoms with E-state index in [0.29, 0.717) is 12.0 Å². The number of carbonyl (C=O) groups excluding carboxylic acids is 1. The van der Waals surface area contributed by atoms with E-state index < -0.39 is 0 Å². The van der Waals surface area contributed by atoms with E-state index in [4.69, 9.17) is 0 Å². The quantitative estimate of drug-likeness (QED) is 0.910. The van der Waals surface area contributed by atoms with Crippen molar-refractivity contribution in [3.05, 3.63) is 35.2 Å². The number of benzene rings is 1. The van der Waals surface area contributed by atoms with Crippen molar-refractivity contribution >= 4 is 27.3 Å². The topological polar surface area (TPSA) is 32.3 Å².